The lowest BCUT2D eigenvalue weighted by Gasteiger charge is -2.24. The number of benzene rings is 1. The van der Waals surface area contributed by atoms with Crippen LogP contribution in [-0.2, 0) is 0 Å². The topological polar surface area (TPSA) is 87.5 Å². The lowest BCUT2D eigenvalue weighted by Crippen LogP contribution is -2.36. The number of nitrogens with one attached hydrogen (secondary N) is 2. The first-order chi connectivity index (χ1) is 11.4. The molecule has 0 unspecified atom stereocenters. The maximum atomic E-state index is 12.1. The second kappa shape index (κ2) is 7.89. The Labute approximate surface area is 144 Å². The Bertz CT molecular complexity index is 716. The first kappa shape index (κ1) is 17.9. The van der Waals surface area contributed by atoms with Crippen LogP contribution in [0.15, 0.2) is 35.0 Å². The number of urea groups is 1. The lowest BCUT2D eigenvalue weighted by molar-refractivity contribution is -0.385. The number of carbonyl (C=O) groups is 1. The van der Waals surface area contributed by atoms with E-state index >= 15 is 0 Å². The van der Waals surface area contributed by atoms with E-state index in [4.69, 9.17) is 0 Å². The molecule has 0 spiro atoms. The van der Waals surface area contributed by atoms with Crippen LogP contribution in [-0.4, -0.2) is 36.5 Å². The van der Waals surface area contributed by atoms with Gasteiger partial charge in [0.1, 0.15) is 0 Å². The van der Waals surface area contributed by atoms with Crippen molar-refractivity contribution in [1.82, 2.24) is 10.2 Å². The van der Waals surface area contributed by atoms with Crippen LogP contribution in [0.2, 0.25) is 0 Å². The highest BCUT2D eigenvalue weighted by atomic mass is 32.1. The fraction of sp³-hybridized carbons (Fsp3) is 0.312. The van der Waals surface area contributed by atoms with Crippen LogP contribution in [0.25, 0.3) is 0 Å². The highest BCUT2D eigenvalue weighted by molar-refractivity contribution is 7.07. The minimum Gasteiger partial charge on any atom is -0.336 e. The molecule has 0 saturated carbocycles. The van der Waals surface area contributed by atoms with Gasteiger partial charge in [0.15, 0.2) is 0 Å². The smallest absolute Gasteiger partial charge is 0.319 e. The zero-order valence-corrected chi connectivity index (χ0v) is 14.6. The second-order valence-corrected chi connectivity index (χ2v) is 6.41. The molecule has 2 amide bonds. The van der Waals surface area contributed by atoms with E-state index in [9.17, 15) is 14.9 Å². The largest absolute Gasteiger partial charge is 0.336 e. The minimum absolute atomic E-state index is 0.0164. The molecule has 2 rings (SSSR count). The lowest BCUT2D eigenvalue weighted by atomic mass is 10.1. The van der Waals surface area contributed by atoms with E-state index in [1.807, 2.05) is 35.8 Å². The number of hydrogen-bond acceptors (Lipinski definition) is 5. The highest BCUT2D eigenvalue weighted by Gasteiger charge is 2.16. The third kappa shape index (κ3) is 4.53. The van der Waals surface area contributed by atoms with Crippen molar-refractivity contribution in [3.63, 3.8) is 0 Å². The summed E-state index contributed by atoms with van der Waals surface area (Å²) in [6.07, 6.45) is 0. The van der Waals surface area contributed by atoms with Crippen LogP contribution < -0.4 is 10.6 Å². The zero-order chi connectivity index (χ0) is 17.7. The Morgan fingerprint density at radius 1 is 1.38 bits per heavy atom. The Kier molecular flexibility index (Phi) is 5.88. The van der Waals surface area contributed by atoms with E-state index in [1.165, 1.54) is 6.07 Å². The third-order valence-electron chi connectivity index (χ3n) is 3.67. The summed E-state index contributed by atoms with van der Waals surface area (Å²) in [6.45, 7) is 2.09. The van der Waals surface area contributed by atoms with E-state index in [1.54, 1.807) is 30.4 Å². The van der Waals surface area contributed by atoms with Gasteiger partial charge in [0, 0.05) is 23.9 Å². The number of anilines is 1. The molecule has 2 aromatic rings. The molecule has 0 aliphatic heterocycles. The molecule has 0 aliphatic carbocycles. The van der Waals surface area contributed by atoms with Crippen molar-refractivity contribution < 1.29 is 9.72 Å². The molecule has 1 heterocycles. The van der Waals surface area contributed by atoms with Crippen LogP contribution in [0.3, 0.4) is 0 Å². The number of amides is 2. The standard InChI is InChI=1S/C16H20N4O3S/c1-11-4-5-13(8-14(11)20(22)23)18-16(21)17-9-15(19(2)3)12-6-7-24-10-12/h4-8,10,15H,9H2,1-3H3,(H2,17,18,21)/t15-/m0/s1. The molecule has 0 fully saturated rings. The Morgan fingerprint density at radius 3 is 2.71 bits per heavy atom. The van der Waals surface area contributed by atoms with Gasteiger partial charge in [-0.2, -0.15) is 11.3 Å². The van der Waals surface area contributed by atoms with Crippen molar-refractivity contribution in [2.24, 2.45) is 0 Å². The maximum absolute atomic E-state index is 12.1. The number of thiophene rings is 1. The van der Waals surface area contributed by atoms with E-state index in [-0.39, 0.29) is 11.7 Å². The summed E-state index contributed by atoms with van der Waals surface area (Å²) in [5.41, 5.74) is 2.06. The number of rotatable bonds is 6. The average molecular weight is 348 g/mol. The van der Waals surface area contributed by atoms with Crippen molar-refractivity contribution in [3.05, 3.63) is 56.3 Å². The predicted molar refractivity (Wildman–Crippen MR) is 95.6 cm³/mol. The fourth-order valence-electron chi connectivity index (χ4n) is 2.31. The SMILES string of the molecule is Cc1ccc(NC(=O)NC[C@@H](c2ccsc2)N(C)C)cc1[N+](=O)[O-]. The number of aryl methyl sites for hydroxylation is 1. The van der Waals surface area contributed by atoms with Crippen LogP contribution >= 0.6 is 11.3 Å². The molecule has 1 atom stereocenters. The third-order valence-corrected chi connectivity index (χ3v) is 4.37. The van der Waals surface area contributed by atoms with Crippen LogP contribution in [0.4, 0.5) is 16.2 Å². The predicted octanol–water partition coefficient (Wildman–Crippen LogP) is 3.39. The Balaban J connectivity index is 1.98. The van der Waals surface area contributed by atoms with Gasteiger partial charge < -0.3 is 15.5 Å². The summed E-state index contributed by atoms with van der Waals surface area (Å²) in [6, 6.07) is 6.31. The van der Waals surface area contributed by atoms with Crippen LogP contribution in [0.1, 0.15) is 17.2 Å². The number of likely N-dealkylation sites (N-methyl/N-ethyl adjacent to an activating group) is 1. The average Bonchev–Trinajstić information content (AvgIpc) is 3.03. The number of nitrogens with zero attached hydrogens (tertiary/aromatic N) is 2. The fourth-order valence-corrected chi connectivity index (χ4v) is 3.02. The molecule has 0 aliphatic rings. The van der Waals surface area contributed by atoms with Crippen molar-refractivity contribution >= 4 is 28.7 Å². The molecule has 0 bridgehead atoms. The molecule has 0 saturated heterocycles. The van der Waals surface area contributed by atoms with Crippen molar-refractivity contribution in [3.8, 4) is 0 Å². The molecule has 128 valence electrons. The van der Waals surface area contributed by atoms with Gasteiger partial charge in [-0.05, 0) is 49.5 Å². The van der Waals surface area contributed by atoms with E-state index in [0.29, 0.717) is 17.8 Å². The molecule has 7 nitrogen and oxygen atoms in total. The summed E-state index contributed by atoms with van der Waals surface area (Å²) >= 11 is 1.61. The Morgan fingerprint density at radius 2 is 2.12 bits per heavy atom. The van der Waals surface area contributed by atoms with Crippen molar-refractivity contribution in [2.45, 2.75) is 13.0 Å². The molecular formula is C16H20N4O3S. The summed E-state index contributed by atoms with van der Waals surface area (Å²) in [5, 5.41) is 20.4. The molecular weight excluding hydrogens is 328 g/mol. The number of carbonyl (C=O) groups excluding carboxylic acids is 1. The Hall–Kier alpha value is -2.45. The minimum atomic E-state index is -0.461. The molecule has 1 aromatic carbocycles. The van der Waals surface area contributed by atoms with Crippen molar-refractivity contribution in [2.75, 3.05) is 26.0 Å². The van der Waals surface area contributed by atoms with E-state index in [0.717, 1.165) is 5.56 Å². The van der Waals surface area contributed by atoms with Gasteiger partial charge in [-0.25, -0.2) is 4.79 Å². The van der Waals surface area contributed by atoms with Gasteiger partial charge >= 0.3 is 6.03 Å². The van der Waals surface area contributed by atoms with Gasteiger partial charge in [-0.3, -0.25) is 10.1 Å². The first-order valence-corrected chi connectivity index (χ1v) is 8.31. The number of nitro groups is 1. The first-order valence-electron chi connectivity index (χ1n) is 7.37. The normalized spacial score (nSPS) is 12.0. The monoisotopic (exact) mass is 348 g/mol. The van der Waals surface area contributed by atoms with Gasteiger partial charge in [-0.15, -0.1) is 0 Å². The molecule has 1 aromatic heterocycles. The summed E-state index contributed by atoms with van der Waals surface area (Å²) in [4.78, 5) is 24.6. The molecule has 2 N–H and O–H groups in total. The van der Waals surface area contributed by atoms with Crippen molar-refractivity contribution in [1.29, 1.82) is 0 Å². The van der Waals surface area contributed by atoms with E-state index in [2.05, 4.69) is 10.6 Å². The maximum Gasteiger partial charge on any atom is 0.319 e. The molecule has 0 radical (unpaired) electrons. The van der Waals surface area contributed by atoms with Gasteiger partial charge in [0.25, 0.3) is 5.69 Å². The zero-order valence-electron chi connectivity index (χ0n) is 13.8. The van der Waals surface area contributed by atoms with Gasteiger partial charge in [0.2, 0.25) is 0 Å². The second-order valence-electron chi connectivity index (χ2n) is 5.63. The summed E-state index contributed by atoms with van der Waals surface area (Å²) < 4.78 is 0. The number of hydrogen-bond donors (Lipinski definition) is 2. The van der Waals surface area contributed by atoms with Crippen LogP contribution in [0.5, 0.6) is 0 Å². The number of nitro benzene ring substituents is 1. The van der Waals surface area contributed by atoms with E-state index < -0.39 is 11.0 Å². The molecule has 8 heteroatoms. The quantitative estimate of drug-likeness (QED) is 0.619. The summed E-state index contributed by atoms with van der Waals surface area (Å²) in [7, 11) is 3.90. The van der Waals surface area contributed by atoms with Gasteiger partial charge in [-0.1, -0.05) is 6.07 Å². The highest BCUT2D eigenvalue weighted by Crippen LogP contribution is 2.22. The molecule has 24 heavy (non-hydrogen) atoms. The van der Waals surface area contributed by atoms with Crippen LogP contribution in [0, 0.1) is 17.0 Å². The van der Waals surface area contributed by atoms with Gasteiger partial charge in [0.05, 0.1) is 11.0 Å². The summed E-state index contributed by atoms with van der Waals surface area (Å²) in [5.74, 6) is 0.